The second kappa shape index (κ2) is 11.2. The number of ether oxygens (including phenoxy) is 2. The topological polar surface area (TPSA) is 85.7 Å². The van der Waals surface area contributed by atoms with Crippen LogP contribution in [0.15, 0.2) is 47.4 Å². The highest BCUT2D eigenvalue weighted by Crippen LogP contribution is 2.25. The molecule has 8 nitrogen and oxygen atoms in total. The van der Waals surface area contributed by atoms with Crippen molar-refractivity contribution in [2.75, 3.05) is 40.0 Å². The van der Waals surface area contributed by atoms with E-state index in [1.165, 1.54) is 6.42 Å². The van der Waals surface area contributed by atoms with Crippen molar-refractivity contribution in [3.8, 4) is 16.9 Å². The molecule has 2 fully saturated rings. The van der Waals surface area contributed by atoms with Crippen LogP contribution in [0.25, 0.3) is 22.2 Å². The SMILES string of the molecule is COc1ccc(-c2cnc3c(c2)cc(C(=O)NC2CCCCC2)c(=O)n3CCN2CCOCC2)cc1. The zero-order valence-corrected chi connectivity index (χ0v) is 20.9. The van der Waals surface area contributed by atoms with Crippen LogP contribution < -0.4 is 15.6 Å². The lowest BCUT2D eigenvalue weighted by Gasteiger charge is -2.27. The molecule has 5 rings (SSSR count). The molecule has 2 aromatic heterocycles. The van der Waals surface area contributed by atoms with Gasteiger partial charge in [0.1, 0.15) is 17.0 Å². The van der Waals surface area contributed by atoms with Crippen molar-refractivity contribution in [1.82, 2.24) is 19.8 Å². The first-order valence-electron chi connectivity index (χ1n) is 12.9. The zero-order chi connectivity index (χ0) is 24.9. The first-order chi connectivity index (χ1) is 17.6. The Balaban J connectivity index is 1.51. The van der Waals surface area contributed by atoms with Gasteiger partial charge in [-0.1, -0.05) is 31.4 Å². The van der Waals surface area contributed by atoms with Gasteiger partial charge in [0.05, 0.1) is 20.3 Å². The van der Waals surface area contributed by atoms with E-state index >= 15 is 0 Å². The van der Waals surface area contributed by atoms with Gasteiger partial charge in [-0.05, 0) is 42.7 Å². The summed E-state index contributed by atoms with van der Waals surface area (Å²) in [7, 11) is 1.64. The van der Waals surface area contributed by atoms with Gasteiger partial charge in [-0.15, -0.1) is 0 Å². The van der Waals surface area contributed by atoms with Crippen LogP contribution in [0.1, 0.15) is 42.5 Å². The quantitative estimate of drug-likeness (QED) is 0.546. The number of aromatic nitrogens is 2. The average Bonchev–Trinajstić information content (AvgIpc) is 2.93. The summed E-state index contributed by atoms with van der Waals surface area (Å²) in [5, 5.41) is 3.90. The van der Waals surface area contributed by atoms with Crippen LogP contribution in [-0.2, 0) is 11.3 Å². The van der Waals surface area contributed by atoms with Crippen molar-refractivity contribution in [1.29, 1.82) is 0 Å². The Kier molecular flexibility index (Phi) is 7.63. The molecule has 1 saturated carbocycles. The predicted molar refractivity (Wildman–Crippen MR) is 140 cm³/mol. The molecular weight excluding hydrogens is 456 g/mol. The van der Waals surface area contributed by atoms with Crippen LogP contribution in [0.3, 0.4) is 0 Å². The number of pyridine rings is 2. The van der Waals surface area contributed by atoms with Crippen LogP contribution in [0, 0.1) is 0 Å². The molecule has 36 heavy (non-hydrogen) atoms. The van der Waals surface area contributed by atoms with Crippen molar-refractivity contribution in [3.05, 3.63) is 58.5 Å². The molecular formula is C28H34N4O4. The molecule has 8 heteroatoms. The highest BCUT2D eigenvalue weighted by Gasteiger charge is 2.22. The third-order valence-electron chi connectivity index (χ3n) is 7.28. The van der Waals surface area contributed by atoms with Gasteiger partial charge in [0.2, 0.25) is 0 Å². The maximum Gasteiger partial charge on any atom is 0.265 e. The summed E-state index contributed by atoms with van der Waals surface area (Å²) >= 11 is 0. The van der Waals surface area contributed by atoms with Gasteiger partial charge in [-0.3, -0.25) is 19.1 Å². The van der Waals surface area contributed by atoms with Crippen molar-refractivity contribution in [3.63, 3.8) is 0 Å². The Bertz CT molecular complexity index is 1260. The van der Waals surface area contributed by atoms with Crippen molar-refractivity contribution < 1.29 is 14.3 Å². The van der Waals surface area contributed by atoms with E-state index in [-0.39, 0.29) is 23.1 Å². The number of amides is 1. The standard InChI is InChI=1S/C28H34N4O4/c1-35-24-9-7-20(8-10-24)22-17-21-18-25(27(33)30-23-5-3-2-4-6-23)28(34)32(26(21)29-19-22)12-11-31-13-15-36-16-14-31/h7-10,17-19,23H,2-6,11-16H2,1H3,(H,30,33). The summed E-state index contributed by atoms with van der Waals surface area (Å²) in [6, 6.07) is 11.6. The molecule has 1 amide bonds. The molecule has 1 aliphatic carbocycles. The lowest BCUT2D eigenvalue weighted by atomic mass is 9.95. The van der Waals surface area contributed by atoms with E-state index in [2.05, 4.69) is 10.2 Å². The van der Waals surface area contributed by atoms with Crippen molar-refractivity contribution in [2.45, 2.75) is 44.7 Å². The number of hydrogen-bond donors (Lipinski definition) is 1. The number of methoxy groups -OCH3 is 1. The summed E-state index contributed by atoms with van der Waals surface area (Å²) in [4.78, 5) is 33.8. The maximum atomic E-state index is 13.6. The summed E-state index contributed by atoms with van der Waals surface area (Å²) in [6.07, 6.45) is 7.15. The summed E-state index contributed by atoms with van der Waals surface area (Å²) in [5.41, 5.74) is 2.41. The Morgan fingerprint density at radius 3 is 2.53 bits per heavy atom. The van der Waals surface area contributed by atoms with Crippen LogP contribution in [0.5, 0.6) is 5.75 Å². The maximum absolute atomic E-state index is 13.6. The minimum absolute atomic E-state index is 0.131. The first-order valence-corrected chi connectivity index (χ1v) is 12.9. The Labute approximate surface area is 211 Å². The van der Waals surface area contributed by atoms with Gasteiger partial charge in [-0.2, -0.15) is 0 Å². The number of hydrogen-bond acceptors (Lipinski definition) is 6. The number of fused-ring (bicyclic) bond motifs is 1. The smallest absolute Gasteiger partial charge is 0.265 e. The van der Waals surface area contributed by atoms with E-state index in [9.17, 15) is 9.59 Å². The normalized spacial score (nSPS) is 17.2. The third kappa shape index (κ3) is 5.44. The van der Waals surface area contributed by atoms with Crippen LogP contribution >= 0.6 is 0 Å². The zero-order valence-electron chi connectivity index (χ0n) is 20.9. The average molecular weight is 491 g/mol. The largest absolute Gasteiger partial charge is 0.497 e. The van der Waals surface area contributed by atoms with Gasteiger partial charge in [0.15, 0.2) is 0 Å². The molecule has 0 radical (unpaired) electrons. The van der Waals surface area contributed by atoms with Crippen molar-refractivity contribution in [2.24, 2.45) is 0 Å². The summed E-state index contributed by atoms with van der Waals surface area (Å²) in [6.45, 7) is 4.24. The fourth-order valence-electron chi connectivity index (χ4n) is 5.15. The Morgan fingerprint density at radius 1 is 1.06 bits per heavy atom. The van der Waals surface area contributed by atoms with E-state index in [0.717, 1.165) is 61.0 Å². The molecule has 0 atom stereocenters. The number of rotatable bonds is 7. The van der Waals surface area contributed by atoms with E-state index in [4.69, 9.17) is 14.5 Å². The molecule has 0 bridgehead atoms. The molecule has 1 aromatic carbocycles. The lowest BCUT2D eigenvalue weighted by Crippen LogP contribution is -2.42. The summed E-state index contributed by atoms with van der Waals surface area (Å²) in [5.74, 6) is 0.495. The lowest BCUT2D eigenvalue weighted by molar-refractivity contribution is 0.0364. The molecule has 190 valence electrons. The van der Waals surface area contributed by atoms with Crippen LogP contribution in [-0.4, -0.2) is 66.4 Å². The molecule has 0 spiro atoms. The number of nitrogens with zero attached hydrogens (tertiary/aromatic N) is 3. The second-order valence-corrected chi connectivity index (χ2v) is 9.64. The predicted octanol–water partition coefficient (Wildman–Crippen LogP) is 3.47. The number of morpholine rings is 1. The number of benzene rings is 1. The van der Waals surface area contributed by atoms with E-state index in [1.807, 2.05) is 30.3 Å². The van der Waals surface area contributed by atoms with Crippen LogP contribution in [0.2, 0.25) is 0 Å². The molecule has 0 unspecified atom stereocenters. The highest BCUT2D eigenvalue weighted by molar-refractivity contribution is 5.97. The Hall–Kier alpha value is -3.23. The molecule has 3 aromatic rings. The monoisotopic (exact) mass is 490 g/mol. The van der Waals surface area contributed by atoms with Gasteiger partial charge in [0.25, 0.3) is 11.5 Å². The second-order valence-electron chi connectivity index (χ2n) is 9.64. The number of carbonyl (C=O) groups is 1. The van der Waals surface area contributed by atoms with E-state index < -0.39 is 0 Å². The first kappa shape index (κ1) is 24.5. The van der Waals surface area contributed by atoms with E-state index in [1.54, 1.807) is 23.9 Å². The minimum atomic E-state index is -0.288. The van der Waals surface area contributed by atoms with E-state index in [0.29, 0.717) is 32.0 Å². The molecule has 1 aliphatic heterocycles. The Morgan fingerprint density at radius 2 is 1.81 bits per heavy atom. The van der Waals surface area contributed by atoms with Crippen LogP contribution in [0.4, 0.5) is 0 Å². The van der Waals surface area contributed by atoms with Gasteiger partial charge in [-0.25, -0.2) is 4.98 Å². The van der Waals surface area contributed by atoms with Gasteiger partial charge >= 0.3 is 0 Å². The minimum Gasteiger partial charge on any atom is -0.497 e. The fraction of sp³-hybridized carbons (Fsp3) is 0.464. The molecule has 1 saturated heterocycles. The van der Waals surface area contributed by atoms with Crippen molar-refractivity contribution >= 4 is 16.9 Å². The summed E-state index contributed by atoms with van der Waals surface area (Å²) < 4.78 is 12.4. The third-order valence-corrected chi connectivity index (χ3v) is 7.28. The molecule has 3 heterocycles. The van der Waals surface area contributed by atoms with Gasteiger partial charge in [0, 0.05) is 49.4 Å². The molecule has 1 N–H and O–H groups in total. The number of carbonyl (C=O) groups excluding carboxylic acids is 1. The fourth-order valence-corrected chi connectivity index (χ4v) is 5.15. The van der Waals surface area contributed by atoms with Gasteiger partial charge < -0.3 is 14.8 Å². The highest BCUT2D eigenvalue weighted by atomic mass is 16.5. The molecule has 2 aliphatic rings. The number of nitrogens with one attached hydrogen (secondary N) is 1.